The summed E-state index contributed by atoms with van der Waals surface area (Å²) in [7, 11) is 0. The molecule has 2 saturated carbocycles. The standard InChI is InChI=1S/C13H22N4/c1-9-6-13(8-16(9)10-2-3-10)7-15-12(14)17(13)11-4-5-11/h9-11H,2-8H2,1H3,(H2,14,15). The topological polar surface area (TPSA) is 44.9 Å². The second-order valence-corrected chi connectivity index (χ2v) is 6.46. The van der Waals surface area contributed by atoms with Gasteiger partial charge in [0, 0.05) is 24.7 Å². The summed E-state index contributed by atoms with van der Waals surface area (Å²) in [6.45, 7) is 4.51. The Labute approximate surface area is 103 Å². The fourth-order valence-electron chi connectivity index (χ4n) is 3.94. The summed E-state index contributed by atoms with van der Waals surface area (Å²) in [4.78, 5) is 9.75. The van der Waals surface area contributed by atoms with Crippen molar-refractivity contribution >= 4 is 5.96 Å². The number of guanidine groups is 1. The van der Waals surface area contributed by atoms with E-state index >= 15 is 0 Å². The average Bonchev–Trinajstić information content (AvgIpc) is 3.19. The summed E-state index contributed by atoms with van der Waals surface area (Å²) in [5.41, 5.74) is 6.37. The number of rotatable bonds is 2. The highest BCUT2D eigenvalue weighted by Gasteiger charge is 2.55. The van der Waals surface area contributed by atoms with Gasteiger partial charge in [-0.25, -0.2) is 0 Å². The van der Waals surface area contributed by atoms with Crippen molar-refractivity contribution in [3.63, 3.8) is 0 Å². The molecule has 0 radical (unpaired) electrons. The number of nitrogens with two attached hydrogens (primary N) is 1. The van der Waals surface area contributed by atoms with E-state index in [1.165, 1.54) is 38.6 Å². The van der Waals surface area contributed by atoms with E-state index in [4.69, 9.17) is 5.73 Å². The molecule has 0 amide bonds. The average molecular weight is 234 g/mol. The predicted molar refractivity (Wildman–Crippen MR) is 67.9 cm³/mol. The zero-order chi connectivity index (χ0) is 11.6. The molecule has 2 unspecified atom stereocenters. The molecule has 3 fully saturated rings. The van der Waals surface area contributed by atoms with Crippen LogP contribution in [-0.4, -0.2) is 52.5 Å². The van der Waals surface area contributed by atoms with E-state index in [9.17, 15) is 0 Å². The van der Waals surface area contributed by atoms with Crippen molar-refractivity contribution in [1.82, 2.24) is 9.80 Å². The molecular formula is C13H22N4. The molecule has 2 aliphatic heterocycles. The first kappa shape index (κ1) is 10.2. The van der Waals surface area contributed by atoms with Crippen LogP contribution in [0.4, 0.5) is 0 Å². The van der Waals surface area contributed by atoms with Crippen molar-refractivity contribution in [2.24, 2.45) is 10.7 Å². The summed E-state index contributed by atoms with van der Waals surface area (Å²) in [6, 6.07) is 2.28. The summed E-state index contributed by atoms with van der Waals surface area (Å²) in [5, 5.41) is 0. The van der Waals surface area contributed by atoms with Crippen molar-refractivity contribution in [3.05, 3.63) is 0 Å². The van der Waals surface area contributed by atoms with Gasteiger partial charge in [0.25, 0.3) is 0 Å². The monoisotopic (exact) mass is 234 g/mol. The van der Waals surface area contributed by atoms with Crippen LogP contribution in [0.5, 0.6) is 0 Å². The van der Waals surface area contributed by atoms with Gasteiger partial charge >= 0.3 is 0 Å². The normalized spacial score (nSPS) is 42.5. The van der Waals surface area contributed by atoms with Crippen LogP contribution in [0.3, 0.4) is 0 Å². The number of likely N-dealkylation sites (tertiary alicyclic amines) is 1. The van der Waals surface area contributed by atoms with Crippen LogP contribution in [0, 0.1) is 0 Å². The van der Waals surface area contributed by atoms with Gasteiger partial charge < -0.3 is 10.6 Å². The van der Waals surface area contributed by atoms with E-state index in [2.05, 4.69) is 21.7 Å². The molecule has 94 valence electrons. The minimum Gasteiger partial charge on any atom is -0.370 e. The van der Waals surface area contributed by atoms with Gasteiger partial charge in [0.05, 0.1) is 12.1 Å². The number of aliphatic imine (C=N–C) groups is 1. The lowest BCUT2D eigenvalue weighted by Crippen LogP contribution is -2.54. The Balaban J connectivity index is 1.60. The van der Waals surface area contributed by atoms with E-state index in [-0.39, 0.29) is 5.54 Å². The Kier molecular flexibility index (Phi) is 1.89. The van der Waals surface area contributed by atoms with E-state index < -0.39 is 0 Å². The minimum atomic E-state index is 0.257. The maximum Gasteiger partial charge on any atom is 0.192 e. The van der Waals surface area contributed by atoms with Crippen molar-refractivity contribution in [3.8, 4) is 0 Å². The first-order valence-corrected chi connectivity index (χ1v) is 7.05. The van der Waals surface area contributed by atoms with Gasteiger partial charge in [-0.05, 0) is 39.0 Å². The molecule has 2 aliphatic carbocycles. The first-order chi connectivity index (χ1) is 8.20. The minimum absolute atomic E-state index is 0.257. The Bertz CT molecular complexity index is 372. The third kappa shape index (κ3) is 1.43. The van der Waals surface area contributed by atoms with E-state index in [0.717, 1.165) is 18.5 Å². The molecule has 4 rings (SSSR count). The second kappa shape index (κ2) is 3.16. The van der Waals surface area contributed by atoms with Gasteiger partial charge in [0.15, 0.2) is 5.96 Å². The van der Waals surface area contributed by atoms with Crippen molar-refractivity contribution in [1.29, 1.82) is 0 Å². The molecule has 0 aromatic heterocycles. The fraction of sp³-hybridized carbons (Fsp3) is 0.923. The molecule has 1 saturated heterocycles. The van der Waals surface area contributed by atoms with Crippen molar-refractivity contribution < 1.29 is 0 Å². The Morgan fingerprint density at radius 3 is 2.59 bits per heavy atom. The maximum atomic E-state index is 6.11. The van der Waals surface area contributed by atoms with Crippen LogP contribution < -0.4 is 5.73 Å². The Morgan fingerprint density at radius 1 is 1.24 bits per heavy atom. The molecule has 4 heteroatoms. The summed E-state index contributed by atoms with van der Waals surface area (Å²) in [5.74, 6) is 0.817. The van der Waals surface area contributed by atoms with E-state index in [1.54, 1.807) is 0 Å². The number of nitrogens with zero attached hydrogens (tertiary/aromatic N) is 3. The smallest absolute Gasteiger partial charge is 0.192 e. The molecule has 0 bridgehead atoms. The fourth-order valence-corrected chi connectivity index (χ4v) is 3.94. The first-order valence-electron chi connectivity index (χ1n) is 7.05. The third-order valence-electron chi connectivity index (χ3n) is 4.94. The highest BCUT2D eigenvalue weighted by atomic mass is 15.4. The van der Waals surface area contributed by atoms with Crippen LogP contribution in [0.25, 0.3) is 0 Å². The molecule has 2 N–H and O–H groups in total. The van der Waals surface area contributed by atoms with Gasteiger partial charge in [0.1, 0.15) is 0 Å². The molecule has 0 aromatic carbocycles. The second-order valence-electron chi connectivity index (χ2n) is 6.46. The maximum absolute atomic E-state index is 6.11. The van der Waals surface area contributed by atoms with Crippen LogP contribution >= 0.6 is 0 Å². The third-order valence-corrected chi connectivity index (χ3v) is 4.94. The molecule has 4 nitrogen and oxygen atoms in total. The summed E-state index contributed by atoms with van der Waals surface area (Å²) in [6.07, 6.45) is 6.69. The molecular weight excluding hydrogens is 212 g/mol. The van der Waals surface area contributed by atoms with Gasteiger partial charge in [0.2, 0.25) is 0 Å². The lowest BCUT2D eigenvalue weighted by molar-refractivity contribution is 0.183. The van der Waals surface area contributed by atoms with E-state index in [0.29, 0.717) is 12.1 Å². The van der Waals surface area contributed by atoms with Crippen LogP contribution in [0.15, 0.2) is 4.99 Å². The van der Waals surface area contributed by atoms with Crippen molar-refractivity contribution in [2.75, 3.05) is 13.1 Å². The Hall–Kier alpha value is -0.770. The molecule has 17 heavy (non-hydrogen) atoms. The molecule has 1 spiro atoms. The largest absolute Gasteiger partial charge is 0.370 e. The van der Waals surface area contributed by atoms with Gasteiger partial charge in [-0.15, -0.1) is 0 Å². The SMILES string of the molecule is CC1CC2(CN=C(N)N2C2CC2)CN1C1CC1. The zero-order valence-electron chi connectivity index (χ0n) is 10.6. The van der Waals surface area contributed by atoms with Gasteiger partial charge in [-0.1, -0.05) is 0 Å². The molecule has 2 heterocycles. The Morgan fingerprint density at radius 2 is 1.94 bits per heavy atom. The quantitative estimate of drug-likeness (QED) is 0.768. The van der Waals surface area contributed by atoms with Crippen LogP contribution in [0.2, 0.25) is 0 Å². The molecule has 2 atom stereocenters. The highest BCUT2D eigenvalue weighted by molar-refractivity contribution is 5.82. The van der Waals surface area contributed by atoms with Crippen LogP contribution in [-0.2, 0) is 0 Å². The van der Waals surface area contributed by atoms with Gasteiger partial charge in [-0.2, -0.15) is 0 Å². The van der Waals surface area contributed by atoms with Crippen molar-refractivity contribution in [2.45, 2.75) is 62.7 Å². The predicted octanol–water partition coefficient (Wildman–Crippen LogP) is 0.774. The summed E-state index contributed by atoms with van der Waals surface area (Å²) >= 11 is 0. The number of hydrogen-bond acceptors (Lipinski definition) is 4. The molecule has 4 aliphatic rings. The zero-order valence-corrected chi connectivity index (χ0v) is 10.6. The number of hydrogen-bond donors (Lipinski definition) is 1. The van der Waals surface area contributed by atoms with Crippen LogP contribution in [0.1, 0.15) is 39.0 Å². The van der Waals surface area contributed by atoms with E-state index in [1.807, 2.05) is 0 Å². The van der Waals surface area contributed by atoms with Gasteiger partial charge in [-0.3, -0.25) is 9.89 Å². The molecule has 0 aromatic rings. The summed E-state index contributed by atoms with van der Waals surface area (Å²) < 4.78 is 0. The lowest BCUT2D eigenvalue weighted by atomic mass is 9.95. The lowest BCUT2D eigenvalue weighted by Gasteiger charge is -2.36. The highest BCUT2D eigenvalue weighted by Crippen LogP contribution is 2.45.